The molecule has 0 aromatic heterocycles. The van der Waals surface area contributed by atoms with Gasteiger partial charge in [-0.2, -0.15) is 0 Å². The van der Waals surface area contributed by atoms with Gasteiger partial charge in [0.15, 0.2) is 0 Å². The Morgan fingerprint density at radius 3 is 2.56 bits per heavy atom. The van der Waals surface area contributed by atoms with E-state index in [2.05, 4.69) is 0 Å². The predicted octanol–water partition coefficient (Wildman–Crippen LogP) is 2.62. The van der Waals surface area contributed by atoms with Crippen molar-refractivity contribution >= 4 is 11.8 Å². The molecule has 2 amide bonds. The number of morpholine rings is 1. The van der Waals surface area contributed by atoms with Crippen molar-refractivity contribution in [2.24, 2.45) is 5.92 Å². The quantitative estimate of drug-likeness (QED) is 0.844. The Morgan fingerprint density at radius 1 is 1.24 bits per heavy atom. The number of carbonyl (C=O) groups excluding carboxylic acids is 2. The van der Waals surface area contributed by atoms with Crippen molar-refractivity contribution in [2.75, 3.05) is 19.7 Å². The van der Waals surface area contributed by atoms with E-state index in [4.69, 9.17) is 4.74 Å². The van der Waals surface area contributed by atoms with Crippen LogP contribution in [0.2, 0.25) is 0 Å². The number of amides is 2. The van der Waals surface area contributed by atoms with Gasteiger partial charge >= 0.3 is 0 Å². The zero-order valence-corrected chi connectivity index (χ0v) is 15.4. The van der Waals surface area contributed by atoms with Crippen LogP contribution in [0.5, 0.6) is 0 Å². The van der Waals surface area contributed by atoms with Crippen LogP contribution in [-0.2, 0) is 14.3 Å². The lowest BCUT2D eigenvalue weighted by Crippen LogP contribution is -2.57. The molecule has 0 bridgehead atoms. The number of likely N-dealkylation sites (tertiary alicyclic amines) is 1. The summed E-state index contributed by atoms with van der Waals surface area (Å²) >= 11 is 0. The van der Waals surface area contributed by atoms with Crippen molar-refractivity contribution in [3.05, 3.63) is 35.9 Å². The van der Waals surface area contributed by atoms with E-state index >= 15 is 0 Å². The molecule has 0 radical (unpaired) electrons. The number of rotatable bonds is 4. The summed E-state index contributed by atoms with van der Waals surface area (Å²) in [6, 6.07) is 9.68. The van der Waals surface area contributed by atoms with Crippen LogP contribution in [0, 0.1) is 5.92 Å². The third-order valence-corrected chi connectivity index (χ3v) is 5.22. The number of ether oxygens (including phenoxy) is 1. The molecule has 2 aliphatic rings. The predicted molar refractivity (Wildman–Crippen MR) is 95.9 cm³/mol. The van der Waals surface area contributed by atoms with Crippen LogP contribution in [0.25, 0.3) is 0 Å². The number of carbonyl (C=O) groups is 2. The lowest BCUT2D eigenvalue weighted by Gasteiger charge is -2.42. The number of hydrogen-bond donors (Lipinski definition) is 0. The van der Waals surface area contributed by atoms with Gasteiger partial charge in [0.25, 0.3) is 0 Å². The summed E-state index contributed by atoms with van der Waals surface area (Å²) in [5.74, 6) is 0.259. The molecule has 136 valence electrons. The van der Waals surface area contributed by atoms with E-state index in [-0.39, 0.29) is 35.9 Å². The van der Waals surface area contributed by atoms with Crippen molar-refractivity contribution in [1.29, 1.82) is 0 Å². The van der Waals surface area contributed by atoms with E-state index in [9.17, 15) is 9.59 Å². The molecule has 1 aromatic carbocycles. The third-order valence-electron chi connectivity index (χ3n) is 5.22. The van der Waals surface area contributed by atoms with E-state index in [1.165, 1.54) is 0 Å². The Labute approximate surface area is 149 Å². The highest BCUT2D eigenvalue weighted by Gasteiger charge is 2.40. The topological polar surface area (TPSA) is 49.9 Å². The second-order valence-electron chi connectivity index (χ2n) is 7.45. The molecule has 3 atom stereocenters. The third kappa shape index (κ3) is 3.71. The second kappa shape index (κ2) is 7.56. The molecule has 1 aromatic rings. The Morgan fingerprint density at radius 2 is 1.96 bits per heavy atom. The van der Waals surface area contributed by atoms with Gasteiger partial charge in [0.2, 0.25) is 11.8 Å². The lowest BCUT2D eigenvalue weighted by molar-refractivity contribution is -0.155. The molecule has 2 fully saturated rings. The van der Waals surface area contributed by atoms with Crippen LogP contribution < -0.4 is 0 Å². The molecule has 0 aliphatic carbocycles. The van der Waals surface area contributed by atoms with Crippen LogP contribution in [0.4, 0.5) is 0 Å². The molecule has 0 spiro atoms. The molecule has 2 aliphatic heterocycles. The minimum Gasteiger partial charge on any atom is -0.370 e. The summed E-state index contributed by atoms with van der Waals surface area (Å²) in [5.41, 5.74) is 1.09. The van der Waals surface area contributed by atoms with Crippen LogP contribution in [-0.4, -0.2) is 53.4 Å². The molecule has 5 nitrogen and oxygen atoms in total. The molecule has 2 heterocycles. The van der Waals surface area contributed by atoms with Crippen LogP contribution in [0.15, 0.2) is 30.3 Å². The van der Waals surface area contributed by atoms with Crippen molar-refractivity contribution in [2.45, 2.75) is 51.8 Å². The summed E-state index contributed by atoms with van der Waals surface area (Å²) in [6.07, 6.45) is 1.30. The fraction of sp³-hybridized carbons (Fsp3) is 0.600. The first kappa shape index (κ1) is 17.9. The van der Waals surface area contributed by atoms with E-state index < -0.39 is 0 Å². The van der Waals surface area contributed by atoms with Crippen molar-refractivity contribution in [3.63, 3.8) is 0 Å². The molecule has 5 heteroatoms. The normalized spacial score (nSPS) is 25.5. The molecule has 3 rings (SSSR count). The zero-order chi connectivity index (χ0) is 18.0. The second-order valence-corrected chi connectivity index (χ2v) is 7.45. The van der Waals surface area contributed by atoms with Crippen molar-refractivity contribution in [3.8, 4) is 0 Å². The largest absolute Gasteiger partial charge is 0.370 e. The summed E-state index contributed by atoms with van der Waals surface area (Å²) in [5, 5.41) is 0. The van der Waals surface area contributed by atoms with Crippen molar-refractivity contribution in [1.82, 2.24) is 9.80 Å². The van der Waals surface area contributed by atoms with Crippen LogP contribution in [0.3, 0.4) is 0 Å². The highest BCUT2D eigenvalue weighted by atomic mass is 16.5. The Bertz CT molecular complexity index is 617. The Hall–Kier alpha value is -1.88. The Balaban J connectivity index is 1.79. The highest BCUT2D eigenvalue weighted by Crippen LogP contribution is 2.28. The monoisotopic (exact) mass is 344 g/mol. The number of hydrogen-bond acceptors (Lipinski definition) is 3. The molecular weight excluding hydrogens is 316 g/mol. The van der Waals surface area contributed by atoms with Gasteiger partial charge in [-0.1, -0.05) is 44.2 Å². The van der Waals surface area contributed by atoms with E-state index in [0.29, 0.717) is 26.1 Å². The fourth-order valence-electron chi connectivity index (χ4n) is 3.84. The maximum absolute atomic E-state index is 13.3. The first-order valence-corrected chi connectivity index (χ1v) is 9.25. The minimum absolute atomic E-state index is 0.0198. The van der Waals surface area contributed by atoms with Gasteiger partial charge in [-0.3, -0.25) is 9.59 Å². The van der Waals surface area contributed by atoms with Crippen molar-refractivity contribution < 1.29 is 14.3 Å². The molecular formula is C20H28N2O3. The maximum atomic E-state index is 13.3. The minimum atomic E-state index is -0.369. The maximum Gasteiger partial charge on any atom is 0.246 e. The Kier molecular flexibility index (Phi) is 5.42. The smallest absolute Gasteiger partial charge is 0.246 e. The first-order valence-electron chi connectivity index (χ1n) is 9.25. The van der Waals surface area contributed by atoms with Gasteiger partial charge in [0.1, 0.15) is 12.1 Å². The standard InChI is InChI=1S/C20H28N2O3/c1-14(2)19(21-11-7-10-18(21)23)20(24)22-12-17(25-13-15(22)3)16-8-5-4-6-9-16/h4-6,8-9,14-15,17,19H,7,10-13H2,1-3H3. The average molecular weight is 344 g/mol. The highest BCUT2D eigenvalue weighted by molar-refractivity contribution is 5.89. The summed E-state index contributed by atoms with van der Waals surface area (Å²) < 4.78 is 5.97. The van der Waals surface area contributed by atoms with Gasteiger partial charge in [0, 0.05) is 13.0 Å². The van der Waals surface area contributed by atoms with E-state index in [0.717, 1.165) is 12.0 Å². The number of nitrogens with zero attached hydrogens (tertiary/aromatic N) is 2. The lowest BCUT2D eigenvalue weighted by atomic mass is 9.98. The molecule has 0 saturated carbocycles. The van der Waals surface area contributed by atoms with Crippen LogP contribution >= 0.6 is 0 Å². The van der Waals surface area contributed by atoms with Gasteiger partial charge in [-0.25, -0.2) is 0 Å². The molecule has 25 heavy (non-hydrogen) atoms. The van der Waals surface area contributed by atoms with Gasteiger partial charge in [-0.15, -0.1) is 0 Å². The summed E-state index contributed by atoms with van der Waals surface area (Å²) in [4.78, 5) is 29.2. The van der Waals surface area contributed by atoms with Gasteiger partial charge in [-0.05, 0) is 24.8 Å². The van der Waals surface area contributed by atoms with E-state index in [1.807, 2.05) is 56.0 Å². The van der Waals surface area contributed by atoms with Crippen LogP contribution in [0.1, 0.15) is 45.3 Å². The zero-order valence-electron chi connectivity index (χ0n) is 15.4. The van der Waals surface area contributed by atoms with E-state index in [1.54, 1.807) is 4.90 Å². The summed E-state index contributed by atoms with van der Waals surface area (Å²) in [6.45, 7) is 7.80. The van der Waals surface area contributed by atoms with Gasteiger partial charge < -0.3 is 14.5 Å². The van der Waals surface area contributed by atoms with Gasteiger partial charge in [0.05, 0.1) is 19.2 Å². The average Bonchev–Trinajstić information content (AvgIpc) is 3.01. The summed E-state index contributed by atoms with van der Waals surface area (Å²) in [7, 11) is 0. The fourth-order valence-corrected chi connectivity index (χ4v) is 3.84. The first-order chi connectivity index (χ1) is 12.0. The molecule has 2 saturated heterocycles. The molecule has 0 N–H and O–H groups in total. The number of benzene rings is 1. The SMILES string of the molecule is CC(C)C(C(=O)N1CC(c2ccccc2)OCC1C)N1CCCC1=O. The molecule has 3 unspecified atom stereocenters.